The molecule has 0 aromatic rings. The number of nitrogens with one attached hydrogen (secondary N) is 1. The molecule has 3 N–H and O–H groups in total. The normalized spacial score (nSPS) is 29.4. The molecule has 1 heterocycles. The average molecular weight is 226 g/mol. The number of halogens is 3. The Bertz CT molecular complexity index is 202. The van der Waals surface area contributed by atoms with Gasteiger partial charge in [-0.1, -0.05) is 0 Å². The maximum Gasteiger partial charge on any atom is 0.389 e. The summed E-state index contributed by atoms with van der Waals surface area (Å²) in [4.78, 5) is 0. The van der Waals surface area contributed by atoms with Crippen LogP contribution in [0.25, 0.3) is 0 Å². The summed E-state index contributed by atoms with van der Waals surface area (Å²) < 4.78 is 41.6. The van der Waals surface area contributed by atoms with Crippen molar-refractivity contribution in [3.8, 4) is 0 Å². The van der Waals surface area contributed by atoms with Gasteiger partial charge >= 0.3 is 6.18 Å². The molecular weight excluding hydrogens is 209 g/mol. The average Bonchev–Trinajstić information content (AvgIpc) is 2.52. The van der Waals surface area contributed by atoms with E-state index < -0.39 is 24.2 Å². The fourth-order valence-electron chi connectivity index (χ4n) is 1.95. The summed E-state index contributed by atoms with van der Waals surface area (Å²) in [6.07, 6.45) is -3.39. The second kappa shape index (κ2) is 4.67. The Morgan fingerprint density at radius 2 is 2.20 bits per heavy atom. The van der Waals surface area contributed by atoms with Crippen molar-refractivity contribution in [1.29, 1.82) is 0 Å². The molecule has 3 nitrogen and oxygen atoms in total. The molecule has 0 aromatic carbocycles. The first kappa shape index (κ1) is 12.7. The van der Waals surface area contributed by atoms with Crippen LogP contribution in [0.2, 0.25) is 0 Å². The molecule has 15 heavy (non-hydrogen) atoms. The van der Waals surface area contributed by atoms with Crippen LogP contribution in [0.4, 0.5) is 13.2 Å². The molecule has 90 valence electrons. The van der Waals surface area contributed by atoms with Crippen LogP contribution < -0.4 is 11.3 Å². The first-order valence-electron chi connectivity index (χ1n) is 5.04. The van der Waals surface area contributed by atoms with E-state index in [2.05, 4.69) is 5.43 Å². The van der Waals surface area contributed by atoms with Crippen LogP contribution in [0.1, 0.15) is 32.6 Å². The van der Waals surface area contributed by atoms with Crippen molar-refractivity contribution in [3.05, 3.63) is 0 Å². The second-order valence-electron chi connectivity index (χ2n) is 4.14. The van der Waals surface area contributed by atoms with Gasteiger partial charge in [-0.2, -0.15) is 13.2 Å². The minimum Gasteiger partial charge on any atom is -0.374 e. The topological polar surface area (TPSA) is 47.3 Å². The molecule has 1 aliphatic rings. The van der Waals surface area contributed by atoms with Crippen molar-refractivity contribution < 1.29 is 17.9 Å². The Hall–Kier alpha value is -0.330. The Morgan fingerprint density at radius 3 is 2.60 bits per heavy atom. The van der Waals surface area contributed by atoms with Crippen LogP contribution in [-0.4, -0.2) is 24.4 Å². The highest BCUT2D eigenvalue weighted by molar-refractivity contribution is 4.91. The molecule has 6 heteroatoms. The lowest BCUT2D eigenvalue weighted by atomic mass is 9.90. The molecule has 0 spiro atoms. The standard InChI is InChI=1S/C9H17F3N2O/c1-8(4-2-6-15-8)7(14-13)3-5-9(10,11)12/h7,14H,2-6,13H2,1H3. The Morgan fingerprint density at radius 1 is 1.53 bits per heavy atom. The van der Waals surface area contributed by atoms with Gasteiger partial charge in [-0.05, 0) is 26.2 Å². The minimum absolute atomic E-state index is 0.0451. The number of hydrazine groups is 1. The first-order chi connectivity index (χ1) is 6.87. The largest absolute Gasteiger partial charge is 0.389 e. The van der Waals surface area contributed by atoms with E-state index in [0.717, 1.165) is 12.8 Å². The SMILES string of the molecule is CC1(C(CCC(F)(F)F)NN)CCCO1. The van der Waals surface area contributed by atoms with Gasteiger partial charge in [0.1, 0.15) is 0 Å². The van der Waals surface area contributed by atoms with E-state index in [-0.39, 0.29) is 6.42 Å². The van der Waals surface area contributed by atoms with Gasteiger partial charge in [0.15, 0.2) is 0 Å². The third kappa shape index (κ3) is 3.62. The Balaban J connectivity index is 2.48. The highest BCUT2D eigenvalue weighted by atomic mass is 19.4. The second-order valence-corrected chi connectivity index (χ2v) is 4.14. The summed E-state index contributed by atoms with van der Waals surface area (Å²) >= 11 is 0. The fourth-order valence-corrected chi connectivity index (χ4v) is 1.95. The smallest absolute Gasteiger partial charge is 0.374 e. The third-order valence-electron chi connectivity index (χ3n) is 2.90. The summed E-state index contributed by atoms with van der Waals surface area (Å²) in [7, 11) is 0. The summed E-state index contributed by atoms with van der Waals surface area (Å²) in [5.74, 6) is 5.27. The number of hydrogen-bond acceptors (Lipinski definition) is 3. The zero-order chi connectivity index (χ0) is 11.5. The van der Waals surface area contributed by atoms with Gasteiger partial charge in [-0.25, -0.2) is 0 Å². The Labute approximate surface area is 87.1 Å². The molecule has 0 bridgehead atoms. The van der Waals surface area contributed by atoms with Gasteiger partial charge in [0.25, 0.3) is 0 Å². The molecular formula is C9H17F3N2O. The van der Waals surface area contributed by atoms with Gasteiger partial charge < -0.3 is 4.74 Å². The molecule has 0 saturated carbocycles. The van der Waals surface area contributed by atoms with Crippen molar-refractivity contribution in [2.75, 3.05) is 6.61 Å². The van der Waals surface area contributed by atoms with Gasteiger partial charge in [0.2, 0.25) is 0 Å². The van der Waals surface area contributed by atoms with Crippen LogP contribution in [0.15, 0.2) is 0 Å². The molecule has 2 atom stereocenters. The van der Waals surface area contributed by atoms with Crippen LogP contribution in [0.3, 0.4) is 0 Å². The summed E-state index contributed by atoms with van der Waals surface area (Å²) in [5, 5.41) is 0. The monoisotopic (exact) mass is 226 g/mol. The van der Waals surface area contributed by atoms with E-state index in [0.29, 0.717) is 6.61 Å². The van der Waals surface area contributed by atoms with Crippen LogP contribution in [0, 0.1) is 0 Å². The van der Waals surface area contributed by atoms with Crippen molar-refractivity contribution in [2.45, 2.75) is 50.4 Å². The van der Waals surface area contributed by atoms with E-state index in [9.17, 15) is 13.2 Å². The van der Waals surface area contributed by atoms with Gasteiger partial charge in [-0.3, -0.25) is 11.3 Å². The summed E-state index contributed by atoms with van der Waals surface area (Å²) in [6, 6.07) is -0.443. The van der Waals surface area contributed by atoms with Crippen molar-refractivity contribution in [1.82, 2.24) is 5.43 Å². The maximum absolute atomic E-state index is 12.1. The lowest BCUT2D eigenvalue weighted by molar-refractivity contribution is -0.140. The minimum atomic E-state index is -4.13. The summed E-state index contributed by atoms with van der Waals surface area (Å²) in [5.41, 5.74) is 1.88. The highest BCUT2D eigenvalue weighted by Gasteiger charge is 2.40. The molecule has 1 rings (SSSR count). The molecule has 2 unspecified atom stereocenters. The van der Waals surface area contributed by atoms with Crippen LogP contribution >= 0.6 is 0 Å². The molecule has 0 radical (unpaired) electrons. The molecule has 1 saturated heterocycles. The molecule has 0 aromatic heterocycles. The zero-order valence-corrected chi connectivity index (χ0v) is 8.73. The van der Waals surface area contributed by atoms with Crippen molar-refractivity contribution in [2.24, 2.45) is 5.84 Å². The van der Waals surface area contributed by atoms with E-state index in [1.807, 2.05) is 0 Å². The fraction of sp³-hybridized carbons (Fsp3) is 1.00. The number of nitrogens with two attached hydrogens (primary N) is 1. The molecule has 0 amide bonds. The van der Waals surface area contributed by atoms with E-state index in [1.165, 1.54) is 0 Å². The van der Waals surface area contributed by atoms with E-state index in [1.54, 1.807) is 6.92 Å². The predicted molar refractivity (Wildman–Crippen MR) is 50.0 cm³/mol. The van der Waals surface area contributed by atoms with Crippen LogP contribution in [0.5, 0.6) is 0 Å². The molecule has 0 aliphatic carbocycles. The predicted octanol–water partition coefficient (Wildman–Crippen LogP) is 1.73. The summed E-state index contributed by atoms with van der Waals surface area (Å²) in [6.45, 7) is 2.40. The number of rotatable bonds is 4. The van der Waals surface area contributed by atoms with Crippen molar-refractivity contribution >= 4 is 0 Å². The van der Waals surface area contributed by atoms with Gasteiger partial charge in [0, 0.05) is 13.0 Å². The van der Waals surface area contributed by atoms with E-state index >= 15 is 0 Å². The lowest BCUT2D eigenvalue weighted by Gasteiger charge is -2.33. The third-order valence-corrected chi connectivity index (χ3v) is 2.90. The first-order valence-corrected chi connectivity index (χ1v) is 5.04. The highest BCUT2D eigenvalue weighted by Crippen LogP contribution is 2.32. The maximum atomic E-state index is 12.1. The number of hydrogen-bond donors (Lipinski definition) is 2. The molecule has 1 fully saturated rings. The molecule has 1 aliphatic heterocycles. The van der Waals surface area contributed by atoms with Gasteiger partial charge in [-0.15, -0.1) is 0 Å². The van der Waals surface area contributed by atoms with Crippen molar-refractivity contribution in [3.63, 3.8) is 0 Å². The zero-order valence-electron chi connectivity index (χ0n) is 8.73. The van der Waals surface area contributed by atoms with E-state index in [4.69, 9.17) is 10.6 Å². The van der Waals surface area contributed by atoms with Gasteiger partial charge in [0.05, 0.1) is 11.6 Å². The number of ether oxygens (including phenoxy) is 1. The number of alkyl halides is 3. The van der Waals surface area contributed by atoms with Crippen LogP contribution in [-0.2, 0) is 4.74 Å². The lowest BCUT2D eigenvalue weighted by Crippen LogP contribution is -2.51. The Kier molecular flexibility index (Phi) is 3.97. The quantitative estimate of drug-likeness (QED) is 0.567.